The van der Waals surface area contributed by atoms with Gasteiger partial charge in [0.2, 0.25) is 9.84 Å². The molecule has 0 atom stereocenters. The summed E-state index contributed by atoms with van der Waals surface area (Å²) in [6, 6.07) is 33.4. The first-order valence-corrected chi connectivity index (χ1v) is 21.0. The third-order valence-electron chi connectivity index (χ3n) is 13.0. The van der Waals surface area contributed by atoms with E-state index in [0.29, 0.717) is 22.3 Å². The summed E-state index contributed by atoms with van der Waals surface area (Å²) in [5.74, 6) is -0.0884. The fourth-order valence-corrected chi connectivity index (χ4v) is 10.3. The third-order valence-corrected chi connectivity index (χ3v) is 14.7. The Kier molecular flexibility index (Phi) is 8.48. The van der Waals surface area contributed by atoms with Crippen molar-refractivity contribution in [2.45, 2.75) is 113 Å². The number of hydrogen-bond acceptors (Lipinski definition) is 4. The maximum absolute atomic E-state index is 14.0. The number of ketones is 2. The molecule has 2 aliphatic rings. The Morgan fingerprint density at radius 1 is 0.382 bits per heavy atom. The van der Waals surface area contributed by atoms with Crippen LogP contribution in [0, 0.1) is 0 Å². The summed E-state index contributed by atoms with van der Waals surface area (Å²) in [6.45, 7) is 18.1. The predicted molar refractivity (Wildman–Crippen MR) is 224 cm³/mol. The molecule has 0 heterocycles. The molecular formula is C50H50O4S. The Morgan fingerprint density at radius 2 is 0.673 bits per heavy atom. The van der Waals surface area contributed by atoms with Crippen molar-refractivity contribution in [3.05, 3.63) is 154 Å². The van der Waals surface area contributed by atoms with Crippen molar-refractivity contribution in [2.75, 3.05) is 0 Å². The van der Waals surface area contributed by atoms with Crippen LogP contribution < -0.4 is 0 Å². The van der Waals surface area contributed by atoms with Crippen molar-refractivity contribution in [3.63, 3.8) is 0 Å². The highest BCUT2D eigenvalue weighted by Gasteiger charge is 2.38. The molecule has 6 aromatic rings. The smallest absolute Gasteiger partial charge is 0.206 e. The Morgan fingerprint density at radius 3 is 1.05 bits per heavy atom. The van der Waals surface area contributed by atoms with E-state index < -0.39 is 9.84 Å². The molecule has 0 unspecified atom stereocenters. The highest BCUT2D eigenvalue weighted by Crippen LogP contribution is 2.47. The zero-order valence-corrected chi connectivity index (χ0v) is 34.1. The average Bonchev–Trinajstić information content (AvgIpc) is 3.16. The lowest BCUT2D eigenvalue weighted by molar-refractivity contribution is 0.103. The zero-order chi connectivity index (χ0) is 39.3. The lowest BCUT2D eigenvalue weighted by Gasteiger charge is -2.42. The minimum Gasteiger partial charge on any atom is -0.289 e. The van der Waals surface area contributed by atoms with Crippen molar-refractivity contribution in [3.8, 4) is 0 Å². The lowest BCUT2D eigenvalue weighted by atomic mass is 9.63. The molecule has 0 amide bonds. The molecular weight excluding hydrogens is 697 g/mol. The van der Waals surface area contributed by atoms with E-state index in [9.17, 15) is 18.0 Å². The second kappa shape index (κ2) is 12.6. The van der Waals surface area contributed by atoms with Gasteiger partial charge in [-0.3, -0.25) is 9.59 Å². The SMILES string of the molecule is CC1(C)CCC(C)(C)c2cc(C(=O)c3ccc4cc(S(=O)(=O)c5ccc6cc(C(=O)c7ccc8c(c7)C(C)(C)CCC8(C)C)ccc6c5)ccc4c3)ccc21. The van der Waals surface area contributed by atoms with Gasteiger partial charge in [-0.15, -0.1) is 0 Å². The summed E-state index contributed by atoms with van der Waals surface area (Å²) in [5, 5.41) is 3.07. The van der Waals surface area contributed by atoms with E-state index in [4.69, 9.17) is 0 Å². The highest BCUT2D eigenvalue weighted by molar-refractivity contribution is 7.91. The van der Waals surface area contributed by atoms with Crippen molar-refractivity contribution in [1.82, 2.24) is 0 Å². The van der Waals surface area contributed by atoms with E-state index in [-0.39, 0.29) is 43.0 Å². The van der Waals surface area contributed by atoms with Gasteiger partial charge in [-0.05, 0) is 140 Å². The fourth-order valence-electron chi connectivity index (χ4n) is 8.99. The van der Waals surface area contributed by atoms with Crippen LogP contribution >= 0.6 is 0 Å². The molecule has 0 radical (unpaired) electrons. The molecule has 0 saturated heterocycles. The second-order valence-corrected chi connectivity index (χ2v) is 20.6. The average molecular weight is 747 g/mol. The van der Waals surface area contributed by atoms with Gasteiger partial charge in [-0.2, -0.15) is 0 Å². The molecule has 5 heteroatoms. The molecule has 0 aromatic heterocycles. The largest absolute Gasteiger partial charge is 0.289 e. The van der Waals surface area contributed by atoms with E-state index in [0.717, 1.165) is 47.2 Å². The van der Waals surface area contributed by atoms with Gasteiger partial charge in [0.25, 0.3) is 0 Å². The number of carbonyl (C=O) groups is 2. The first-order chi connectivity index (χ1) is 25.8. The van der Waals surface area contributed by atoms with E-state index in [1.807, 2.05) is 36.4 Å². The number of fused-ring (bicyclic) bond motifs is 4. The van der Waals surface area contributed by atoms with Crippen LogP contribution in [0.5, 0.6) is 0 Å². The summed E-state index contributed by atoms with van der Waals surface area (Å²) in [6.07, 6.45) is 4.36. The topological polar surface area (TPSA) is 68.3 Å². The van der Waals surface area contributed by atoms with Gasteiger partial charge in [-0.25, -0.2) is 8.42 Å². The van der Waals surface area contributed by atoms with Gasteiger partial charge >= 0.3 is 0 Å². The molecule has 0 saturated carbocycles. The molecule has 8 rings (SSSR count). The van der Waals surface area contributed by atoms with E-state index in [1.54, 1.807) is 48.5 Å². The first kappa shape index (κ1) is 37.1. The monoisotopic (exact) mass is 746 g/mol. The molecule has 0 bridgehead atoms. The first-order valence-electron chi connectivity index (χ1n) is 19.5. The van der Waals surface area contributed by atoms with Gasteiger partial charge in [0.1, 0.15) is 0 Å². The van der Waals surface area contributed by atoms with E-state index >= 15 is 0 Å². The molecule has 0 aliphatic heterocycles. The Balaban J connectivity index is 1.05. The normalized spacial score (nSPS) is 18.0. The molecule has 0 N–H and O–H groups in total. The van der Waals surface area contributed by atoms with Crippen LogP contribution in [0.4, 0.5) is 0 Å². The third kappa shape index (κ3) is 6.35. The molecule has 280 valence electrons. The molecule has 2 aliphatic carbocycles. The molecule has 6 aromatic carbocycles. The zero-order valence-electron chi connectivity index (χ0n) is 33.3. The summed E-state index contributed by atoms with van der Waals surface area (Å²) in [5.41, 5.74) is 7.73. The van der Waals surface area contributed by atoms with E-state index in [1.165, 1.54) is 22.3 Å². The summed E-state index contributed by atoms with van der Waals surface area (Å²) >= 11 is 0. The van der Waals surface area contributed by atoms with Crippen LogP contribution in [-0.2, 0) is 31.5 Å². The summed E-state index contributed by atoms with van der Waals surface area (Å²) < 4.78 is 27.9. The highest BCUT2D eigenvalue weighted by atomic mass is 32.2. The fraction of sp³-hybridized carbons (Fsp3) is 0.320. The van der Waals surface area contributed by atoms with E-state index in [2.05, 4.69) is 79.7 Å². The van der Waals surface area contributed by atoms with Gasteiger partial charge < -0.3 is 0 Å². The molecule has 0 spiro atoms. The van der Waals surface area contributed by atoms with Crippen LogP contribution in [0.2, 0.25) is 0 Å². The van der Waals surface area contributed by atoms with Crippen molar-refractivity contribution < 1.29 is 18.0 Å². The number of sulfone groups is 1. The van der Waals surface area contributed by atoms with Crippen LogP contribution in [-0.4, -0.2) is 20.0 Å². The van der Waals surface area contributed by atoms with Gasteiger partial charge in [0.15, 0.2) is 11.6 Å². The Bertz CT molecular complexity index is 2530. The minimum absolute atomic E-state index is 0.00272. The van der Waals surface area contributed by atoms with Crippen molar-refractivity contribution >= 4 is 42.9 Å². The van der Waals surface area contributed by atoms with Crippen molar-refractivity contribution in [2.24, 2.45) is 0 Å². The van der Waals surface area contributed by atoms with Crippen molar-refractivity contribution in [1.29, 1.82) is 0 Å². The quantitative estimate of drug-likeness (QED) is 0.159. The predicted octanol–water partition coefficient (Wildman–Crippen LogP) is 12.0. The number of rotatable bonds is 6. The number of hydrogen-bond donors (Lipinski definition) is 0. The summed E-state index contributed by atoms with van der Waals surface area (Å²) in [4.78, 5) is 27.9. The van der Waals surface area contributed by atoms with Gasteiger partial charge in [0, 0.05) is 22.3 Å². The number of carbonyl (C=O) groups excluding carboxylic acids is 2. The molecule has 55 heavy (non-hydrogen) atoms. The second-order valence-electron chi connectivity index (χ2n) is 18.7. The molecule has 4 nitrogen and oxygen atoms in total. The summed E-state index contributed by atoms with van der Waals surface area (Å²) in [7, 11) is -3.85. The number of benzene rings is 6. The van der Waals surface area contributed by atoms with Crippen LogP contribution in [0.1, 0.15) is 135 Å². The van der Waals surface area contributed by atoms with Gasteiger partial charge in [-0.1, -0.05) is 116 Å². The Hall–Kier alpha value is -4.87. The maximum atomic E-state index is 14.0. The minimum atomic E-state index is -3.85. The van der Waals surface area contributed by atoms with Gasteiger partial charge in [0.05, 0.1) is 9.79 Å². The maximum Gasteiger partial charge on any atom is 0.206 e. The van der Waals surface area contributed by atoms with Crippen LogP contribution in [0.15, 0.2) is 119 Å². The standard InChI is InChI=1S/C50H50O4S/c1-47(2)21-23-49(5,6)43-29-37(15-19-41(43)47)45(51)35-11-9-33-27-39(17-13-31(33)25-35)55(53,54)40-18-14-32-26-36(12-10-34(32)28-40)46(52)38-16-20-42-44(30-38)50(7,8)24-22-48(42,3)4/h9-20,25-30H,21-24H2,1-8H3. The van der Waals surface area contributed by atoms with Crippen LogP contribution in [0.25, 0.3) is 21.5 Å². The Labute approximate surface area is 325 Å². The molecule has 0 fully saturated rings. The van der Waals surface area contributed by atoms with Crippen LogP contribution in [0.3, 0.4) is 0 Å². The lowest BCUT2D eigenvalue weighted by Crippen LogP contribution is -2.34.